The van der Waals surface area contributed by atoms with E-state index in [9.17, 15) is 14.7 Å². The Morgan fingerprint density at radius 2 is 1.62 bits per heavy atom. The van der Waals surface area contributed by atoms with Crippen LogP contribution in [0.4, 0.5) is 0 Å². The molecule has 1 saturated heterocycles. The summed E-state index contributed by atoms with van der Waals surface area (Å²) >= 11 is 0. The molecule has 1 N–H and O–H groups in total. The molecule has 298 valence electrons. The zero-order valence-electron chi connectivity index (χ0n) is 35.0. The Kier molecular flexibility index (Phi) is 23.1. The van der Waals surface area contributed by atoms with E-state index in [0.29, 0.717) is 42.1 Å². The third-order valence-electron chi connectivity index (χ3n) is 12.3. The SMILES string of the molecule is C=C(CC(CC=O)CCC1CCCCC(C)CC1)C(C)/C=C(\C)C(C)C/C(=C\C)C(C)CC/C=C/C=C/C=C/C(O)CC1CCCC(C(=C)C(C)=O)O1. The van der Waals surface area contributed by atoms with E-state index in [1.807, 2.05) is 18.2 Å². The first-order valence-electron chi connectivity index (χ1n) is 21.3. The lowest BCUT2D eigenvalue weighted by Crippen LogP contribution is -2.32. The van der Waals surface area contributed by atoms with Crippen LogP contribution in [0, 0.1) is 35.5 Å². The van der Waals surface area contributed by atoms with E-state index in [1.54, 1.807) is 6.08 Å². The van der Waals surface area contributed by atoms with Gasteiger partial charge >= 0.3 is 0 Å². The second-order valence-corrected chi connectivity index (χ2v) is 16.9. The van der Waals surface area contributed by atoms with E-state index in [0.717, 1.165) is 69.5 Å². The van der Waals surface area contributed by atoms with Gasteiger partial charge in [0.05, 0.1) is 18.3 Å². The summed E-state index contributed by atoms with van der Waals surface area (Å²) in [6.45, 7) is 23.8. The predicted octanol–water partition coefficient (Wildman–Crippen LogP) is 13.0. The maximum absolute atomic E-state index is 11.7. The highest BCUT2D eigenvalue weighted by Crippen LogP contribution is 2.34. The lowest BCUT2D eigenvalue weighted by Gasteiger charge is -2.31. The van der Waals surface area contributed by atoms with Gasteiger partial charge in [0, 0.05) is 18.4 Å². The van der Waals surface area contributed by atoms with Gasteiger partial charge in [0.1, 0.15) is 6.29 Å². The average Bonchev–Trinajstić information content (AvgIpc) is 3.12. The van der Waals surface area contributed by atoms with E-state index in [-0.39, 0.29) is 18.0 Å². The molecule has 2 aliphatic rings. The lowest BCUT2D eigenvalue weighted by atomic mass is 9.80. The van der Waals surface area contributed by atoms with Crippen LogP contribution in [0.1, 0.15) is 158 Å². The molecule has 1 heterocycles. The number of carbonyl (C=O) groups is 2. The number of hydrogen-bond acceptors (Lipinski definition) is 4. The molecule has 0 radical (unpaired) electrons. The van der Waals surface area contributed by atoms with Gasteiger partial charge in [-0.2, -0.15) is 0 Å². The second kappa shape index (κ2) is 26.3. The molecule has 1 aliphatic carbocycles. The monoisotopic (exact) mass is 731 g/mol. The first kappa shape index (κ1) is 46.6. The molecule has 4 nitrogen and oxygen atoms in total. The van der Waals surface area contributed by atoms with E-state index >= 15 is 0 Å². The van der Waals surface area contributed by atoms with Crippen molar-refractivity contribution in [3.8, 4) is 0 Å². The molecule has 2 fully saturated rings. The summed E-state index contributed by atoms with van der Waals surface area (Å²) in [5.74, 6) is 3.40. The Morgan fingerprint density at radius 3 is 2.34 bits per heavy atom. The van der Waals surface area contributed by atoms with Gasteiger partial charge in [-0.1, -0.05) is 151 Å². The molecule has 0 bridgehead atoms. The smallest absolute Gasteiger partial charge is 0.157 e. The van der Waals surface area contributed by atoms with Crippen LogP contribution in [-0.2, 0) is 14.3 Å². The number of hydrogen-bond donors (Lipinski definition) is 1. The molecule has 1 aliphatic heterocycles. The average molecular weight is 731 g/mol. The fourth-order valence-electron chi connectivity index (χ4n) is 8.22. The normalized spacial score (nSPS) is 25.1. The molecule has 0 aromatic carbocycles. The van der Waals surface area contributed by atoms with Crippen molar-refractivity contribution in [2.24, 2.45) is 35.5 Å². The highest BCUT2D eigenvalue weighted by atomic mass is 16.5. The predicted molar refractivity (Wildman–Crippen MR) is 227 cm³/mol. The Labute approximate surface area is 326 Å². The summed E-state index contributed by atoms with van der Waals surface area (Å²) in [6, 6.07) is 0. The minimum Gasteiger partial charge on any atom is -0.389 e. The highest BCUT2D eigenvalue weighted by molar-refractivity contribution is 5.93. The van der Waals surface area contributed by atoms with Crippen LogP contribution >= 0.6 is 0 Å². The number of allylic oxidation sites excluding steroid dienone is 10. The molecular weight excluding hydrogens is 653 g/mol. The van der Waals surface area contributed by atoms with Gasteiger partial charge in [0.25, 0.3) is 0 Å². The summed E-state index contributed by atoms with van der Waals surface area (Å²) in [6.07, 6.45) is 35.7. The van der Waals surface area contributed by atoms with Crippen LogP contribution < -0.4 is 0 Å². The van der Waals surface area contributed by atoms with Gasteiger partial charge in [-0.15, -0.1) is 0 Å². The zero-order chi connectivity index (χ0) is 39.2. The Hall–Kier alpha value is -2.56. The van der Waals surface area contributed by atoms with E-state index < -0.39 is 6.10 Å². The van der Waals surface area contributed by atoms with Crippen LogP contribution in [0.2, 0.25) is 0 Å². The summed E-state index contributed by atoms with van der Waals surface area (Å²) in [7, 11) is 0. The van der Waals surface area contributed by atoms with Crippen molar-refractivity contribution in [1.82, 2.24) is 0 Å². The first-order valence-corrected chi connectivity index (χ1v) is 21.3. The minimum absolute atomic E-state index is 0.0242. The summed E-state index contributed by atoms with van der Waals surface area (Å²) in [4.78, 5) is 23.2. The fraction of sp³-hybridized carbons (Fsp3) is 0.673. The summed E-state index contributed by atoms with van der Waals surface area (Å²) in [5.41, 5.74) is 4.75. The number of aliphatic hydroxyl groups excluding tert-OH is 1. The van der Waals surface area contributed by atoms with Crippen LogP contribution in [-0.4, -0.2) is 35.5 Å². The van der Waals surface area contributed by atoms with Gasteiger partial charge in [-0.25, -0.2) is 0 Å². The van der Waals surface area contributed by atoms with Crippen LogP contribution in [0.3, 0.4) is 0 Å². The van der Waals surface area contributed by atoms with E-state index in [1.165, 1.54) is 68.6 Å². The van der Waals surface area contributed by atoms with E-state index in [4.69, 9.17) is 4.74 Å². The Morgan fingerprint density at radius 1 is 0.887 bits per heavy atom. The van der Waals surface area contributed by atoms with Crippen LogP contribution in [0.15, 0.2) is 84.1 Å². The van der Waals surface area contributed by atoms with Crippen molar-refractivity contribution in [3.63, 3.8) is 0 Å². The molecule has 0 amide bonds. The third kappa shape index (κ3) is 19.0. The van der Waals surface area contributed by atoms with Gasteiger partial charge < -0.3 is 14.6 Å². The molecule has 9 atom stereocenters. The molecule has 0 aromatic heterocycles. The van der Waals surface area contributed by atoms with Gasteiger partial charge in [0.15, 0.2) is 5.78 Å². The van der Waals surface area contributed by atoms with Crippen molar-refractivity contribution in [2.75, 3.05) is 0 Å². The van der Waals surface area contributed by atoms with Gasteiger partial charge in [-0.05, 0) is 108 Å². The van der Waals surface area contributed by atoms with Crippen molar-refractivity contribution >= 4 is 12.1 Å². The Bertz CT molecular complexity index is 1260. The number of ketones is 1. The number of Topliss-reactive ketones (excluding diaryl/α,β-unsaturated/α-hetero) is 1. The van der Waals surface area contributed by atoms with E-state index in [2.05, 4.69) is 79.0 Å². The van der Waals surface area contributed by atoms with Gasteiger partial charge in [0.2, 0.25) is 0 Å². The summed E-state index contributed by atoms with van der Waals surface area (Å²) < 4.78 is 6.04. The maximum Gasteiger partial charge on any atom is 0.157 e. The number of rotatable bonds is 23. The van der Waals surface area contributed by atoms with Crippen molar-refractivity contribution in [3.05, 3.63) is 84.1 Å². The molecule has 9 unspecified atom stereocenters. The third-order valence-corrected chi connectivity index (χ3v) is 12.3. The topological polar surface area (TPSA) is 63.6 Å². The number of aliphatic hydroxyl groups is 1. The Balaban J connectivity index is 1.75. The molecule has 0 aromatic rings. The summed E-state index contributed by atoms with van der Waals surface area (Å²) in [5, 5.41) is 10.5. The fourth-order valence-corrected chi connectivity index (χ4v) is 8.22. The molecule has 1 saturated carbocycles. The highest BCUT2D eigenvalue weighted by Gasteiger charge is 2.27. The van der Waals surface area contributed by atoms with Gasteiger partial charge in [-0.3, -0.25) is 4.79 Å². The lowest BCUT2D eigenvalue weighted by molar-refractivity contribution is -0.116. The molecule has 53 heavy (non-hydrogen) atoms. The largest absolute Gasteiger partial charge is 0.389 e. The number of aldehydes is 1. The second-order valence-electron chi connectivity index (χ2n) is 16.9. The van der Waals surface area contributed by atoms with Crippen molar-refractivity contribution in [2.45, 2.75) is 176 Å². The molecule has 0 spiro atoms. The zero-order valence-corrected chi connectivity index (χ0v) is 35.0. The molecular formula is C49H78O4. The van der Waals surface area contributed by atoms with Crippen molar-refractivity contribution < 1.29 is 19.4 Å². The molecule has 4 heteroatoms. The minimum atomic E-state index is -0.582. The van der Waals surface area contributed by atoms with Crippen LogP contribution in [0.25, 0.3) is 0 Å². The number of carbonyl (C=O) groups excluding carboxylic acids is 2. The first-order chi connectivity index (χ1) is 25.3. The standard InChI is InChI=1S/C49H78O4/c1-10-46(37(3)21-15-13-11-12-14-16-23-47(52)35-48-24-19-25-49(53-48)42(8)43(9)51)34-41(7)39(5)32-38(4)40(6)33-45(30-31-50)29-28-44-22-18-17-20-36(2)26-27-44/h10-14,16,23,31-32,36-38,41,44-45,47-49,52H,6,8,15,17-22,24-30,33-35H2,1-5,7,9H3/b13-11+,14-12+,23-16+,39-32+,46-10+. The quantitative estimate of drug-likeness (QED) is 0.0492. The van der Waals surface area contributed by atoms with Crippen molar-refractivity contribution in [1.29, 1.82) is 0 Å². The number of ether oxygens (including phenoxy) is 1. The van der Waals surface area contributed by atoms with Crippen LogP contribution in [0.5, 0.6) is 0 Å². The molecule has 2 rings (SSSR count). The maximum atomic E-state index is 11.7.